The fourth-order valence-corrected chi connectivity index (χ4v) is 2.79. The van der Waals surface area contributed by atoms with Crippen molar-refractivity contribution in [2.24, 2.45) is 5.73 Å². The van der Waals surface area contributed by atoms with E-state index >= 15 is 0 Å². The van der Waals surface area contributed by atoms with Crippen LogP contribution in [-0.4, -0.2) is 30.1 Å². The van der Waals surface area contributed by atoms with Crippen LogP contribution >= 0.6 is 0 Å². The number of nitrogens with zero attached hydrogens (tertiary/aromatic N) is 1. The van der Waals surface area contributed by atoms with Gasteiger partial charge in [-0.15, -0.1) is 0 Å². The number of hydrogen-bond acceptors (Lipinski definition) is 2. The number of piperidine rings is 1. The van der Waals surface area contributed by atoms with Gasteiger partial charge in [0.25, 0.3) is 0 Å². The zero-order valence-corrected chi connectivity index (χ0v) is 12.5. The predicted molar refractivity (Wildman–Crippen MR) is 81.6 cm³/mol. The van der Waals surface area contributed by atoms with Crippen LogP contribution in [0.4, 0.5) is 4.79 Å². The Kier molecular flexibility index (Phi) is 5.01. The fraction of sp³-hybridized carbons (Fsp3) is 0.562. The molecule has 2 rings (SSSR count). The summed E-state index contributed by atoms with van der Waals surface area (Å²) in [6.45, 7) is 6.15. The zero-order chi connectivity index (χ0) is 14.5. The van der Waals surface area contributed by atoms with Crippen molar-refractivity contribution in [1.82, 2.24) is 10.2 Å². The number of amides is 2. The summed E-state index contributed by atoms with van der Waals surface area (Å²) < 4.78 is 0. The number of nitrogens with one attached hydrogen (secondary N) is 1. The van der Waals surface area contributed by atoms with Crippen molar-refractivity contribution in [3.63, 3.8) is 0 Å². The summed E-state index contributed by atoms with van der Waals surface area (Å²) in [6, 6.07) is 6.41. The van der Waals surface area contributed by atoms with Gasteiger partial charge in [0.1, 0.15) is 0 Å². The van der Waals surface area contributed by atoms with Gasteiger partial charge in [-0.3, -0.25) is 0 Å². The molecule has 4 heteroatoms. The molecule has 1 aromatic rings. The Balaban J connectivity index is 1.96. The molecule has 1 aromatic carbocycles. The first-order valence-corrected chi connectivity index (χ1v) is 7.43. The second-order valence-electron chi connectivity index (χ2n) is 5.60. The summed E-state index contributed by atoms with van der Waals surface area (Å²) in [6.07, 6.45) is 3.27. The first-order chi connectivity index (χ1) is 9.63. The van der Waals surface area contributed by atoms with E-state index in [1.165, 1.54) is 23.1 Å². The molecule has 0 radical (unpaired) electrons. The third-order valence-corrected chi connectivity index (χ3v) is 4.31. The molecular formula is C16H25N3O. The fourth-order valence-electron chi connectivity index (χ4n) is 2.79. The summed E-state index contributed by atoms with van der Waals surface area (Å²) >= 11 is 0. The van der Waals surface area contributed by atoms with E-state index in [0.717, 1.165) is 19.4 Å². The number of aryl methyl sites for hydroxylation is 1. The molecule has 2 amide bonds. The van der Waals surface area contributed by atoms with E-state index in [2.05, 4.69) is 31.3 Å². The SMILES string of the molecule is Cc1cccc(CNC(=O)N2CCCC[C@H]2CN)c1C. The molecule has 110 valence electrons. The number of likely N-dealkylation sites (tertiary alicyclic amines) is 1. The Bertz CT molecular complexity index is 473. The van der Waals surface area contributed by atoms with Crippen LogP contribution in [0.5, 0.6) is 0 Å². The van der Waals surface area contributed by atoms with Gasteiger partial charge in [-0.2, -0.15) is 0 Å². The van der Waals surface area contributed by atoms with Crippen molar-refractivity contribution in [2.75, 3.05) is 13.1 Å². The minimum atomic E-state index is 0.0149. The van der Waals surface area contributed by atoms with E-state index in [1.807, 2.05) is 11.0 Å². The van der Waals surface area contributed by atoms with Crippen molar-refractivity contribution in [3.8, 4) is 0 Å². The second kappa shape index (κ2) is 6.75. The summed E-state index contributed by atoms with van der Waals surface area (Å²) in [5.74, 6) is 0. The average molecular weight is 275 g/mol. The van der Waals surface area contributed by atoms with Crippen molar-refractivity contribution >= 4 is 6.03 Å². The molecule has 1 fully saturated rings. The van der Waals surface area contributed by atoms with Gasteiger partial charge in [0, 0.05) is 25.7 Å². The van der Waals surface area contributed by atoms with Gasteiger partial charge in [0.05, 0.1) is 0 Å². The first-order valence-electron chi connectivity index (χ1n) is 7.43. The predicted octanol–water partition coefficient (Wildman–Crippen LogP) is 2.33. The Labute approximate surface area is 121 Å². The van der Waals surface area contributed by atoms with E-state index in [4.69, 9.17) is 5.73 Å². The standard InChI is InChI=1S/C16H25N3O/c1-12-6-5-7-14(13(12)2)11-18-16(20)19-9-4-3-8-15(19)10-17/h5-7,15H,3-4,8-11,17H2,1-2H3,(H,18,20)/t15-/m0/s1. The molecule has 1 aliphatic rings. The minimum Gasteiger partial charge on any atom is -0.334 e. The van der Waals surface area contributed by atoms with Gasteiger partial charge in [-0.1, -0.05) is 18.2 Å². The highest BCUT2D eigenvalue weighted by Gasteiger charge is 2.25. The van der Waals surface area contributed by atoms with Gasteiger partial charge in [0.2, 0.25) is 0 Å². The number of hydrogen-bond donors (Lipinski definition) is 2. The molecule has 0 aromatic heterocycles. The molecule has 0 bridgehead atoms. The molecule has 0 saturated carbocycles. The second-order valence-corrected chi connectivity index (χ2v) is 5.60. The third kappa shape index (κ3) is 3.31. The molecule has 1 atom stereocenters. The quantitative estimate of drug-likeness (QED) is 0.889. The van der Waals surface area contributed by atoms with Gasteiger partial charge < -0.3 is 16.0 Å². The lowest BCUT2D eigenvalue weighted by molar-refractivity contribution is 0.153. The lowest BCUT2D eigenvalue weighted by Crippen LogP contribution is -2.51. The van der Waals surface area contributed by atoms with Gasteiger partial charge in [-0.05, 0) is 49.8 Å². The Morgan fingerprint density at radius 3 is 2.95 bits per heavy atom. The van der Waals surface area contributed by atoms with Gasteiger partial charge in [0.15, 0.2) is 0 Å². The highest BCUT2D eigenvalue weighted by Crippen LogP contribution is 2.17. The summed E-state index contributed by atoms with van der Waals surface area (Å²) in [5, 5.41) is 3.03. The lowest BCUT2D eigenvalue weighted by Gasteiger charge is -2.35. The average Bonchev–Trinajstić information content (AvgIpc) is 2.48. The van der Waals surface area contributed by atoms with Crippen molar-refractivity contribution in [1.29, 1.82) is 0 Å². The van der Waals surface area contributed by atoms with Crippen molar-refractivity contribution < 1.29 is 4.79 Å². The van der Waals surface area contributed by atoms with Crippen LogP contribution in [0.25, 0.3) is 0 Å². The summed E-state index contributed by atoms with van der Waals surface area (Å²) in [7, 11) is 0. The van der Waals surface area contributed by atoms with E-state index in [1.54, 1.807) is 0 Å². The molecule has 20 heavy (non-hydrogen) atoms. The van der Waals surface area contributed by atoms with Crippen LogP contribution in [0.1, 0.15) is 36.0 Å². The van der Waals surface area contributed by atoms with E-state index in [9.17, 15) is 4.79 Å². The van der Waals surface area contributed by atoms with E-state index in [0.29, 0.717) is 13.1 Å². The topological polar surface area (TPSA) is 58.4 Å². The third-order valence-electron chi connectivity index (χ3n) is 4.31. The monoisotopic (exact) mass is 275 g/mol. The highest BCUT2D eigenvalue weighted by molar-refractivity contribution is 5.74. The normalized spacial score (nSPS) is 18.9. The highest BCUT2D eigenvalue weighted by atomic mass is 16.2. The molecule has 4 nitrogen and oxygen atoms in total. The summed E-state index contributed by atoms with van der Waals surface area (Å²) in [4.78, 5) is 14.2. The largest absolute Gasteiger partial charge is 0.334 e. The molecule has 3 N–H and O–H groups in total. The van der Waals surface area contributed by atoms with Gasteiger partial charge in [-0.25, -0.2) is 4.79 Å². The minimum absolute atomic E-state index is 0.0149. The maximum absolute atomic E-state index is 12.3. The molecule has 0 unspecified atom stereocenters. The van der Waals surface area contributed by atoms with Crippen LogP contribution in [0, 0.1) is 13.8 Å². The smallest absolute Gasteiger partial charge is 0.317 e. The number of carbonyl (C=O) groups is 1. The van der Waals surface area contributed by atoms with Crippen LogP contribution in [0.3, 0.4) is 0 Å². The number of benzene rings is 1. The van der Waals surface area contributed by atoms with E-state index < -0.39 is 0 Å². The number of carbonyl (C=O) groups excluding carboxylic acids is 1. The Morgan fingerprint density at radius 2 is 2.20 bits per heavy atom. The lowest BCUT2D eigenvalue weighted by atomic mass is 10.0. The Hall–Kier alpha value is -1.55. The molecule has 0 aliphatic carbocycles. The first kappa shape index (κ1) is 14.9. The molecule has 0 spiro atoms. The van der Waals surface area contributed by atoms with Crippen LogP contribution in [0.2, 0.25) is 0 Å². The number of nitrogens with two attached hydrogens (primary N) is 1. The van der Waals surface area contributed by atoms with Crippen LogP contribution in [0.15, 0.2) is 18.2 Å². The maximum atomic E-state index is 12.3. The van der Waals surface area contributed by atoms with Gasteiger partial charge >= 0.3 is 6.03 Å². The van der Waals surface area contributed by atoms with Crippen molar-refractivity contribution in [2.45, 2.75) is 45.7 Å². The summed E-state index contributed by atoms with van der Waals surface area (Å²) in [5.41, 5.74) is 9.45. The van der Waals surface area contributed by atoms with Crippen LogP contribution < -0.4 is 11.1 Å². The zero-order valence-electron chi connectivity index (χ0n) is 12.5. The van der Waals surface area contributed by atoms with Crippen molar-refractivity contribution in [3.05, 3.63) is 34.9 Å². The Morgan fingerprint density at radius 1 is 1.40 bits per heavy atom. The number of rotatable bonds is 3. The van der Waals surface area contributed by atoms with Crippen LogP contribution in [-0.2, 0) is 6.54 Å². The van der Waals surface area contributed by atoms with E-state index in [-0.39, 0.29) is 12.1 Å². The number of urea groups is 1. The molecular weight excluding hydrogens is 250 g/mol. The maximum Gasteiger partial charge on any atom is 0.317 e. The molecule has 1 heterocycles. The molecule has 1 saturated heterocycles. The molecule has 1 aliphatic heterocycles.